The molecule has 2 saturated carbocycles. The van der Waals surface area contributed by atoms with Gasteiger partial charge in [-0.3, -0.25) is 19.0 Å². The summed E-state index contributed by atoms with van der Waals surface area (Å²) in [5, 5.41) is 22.3. The second-order valence-electron chi connectivity index (χ2n) is 21.7. The average Bonchev–Trinajstić information content (AvgIpc) is 4.00. The summed E-state index contributed by atoms with van der Waals surface area (Å²) in [5.41, 5.74) is 6.54. The van der Waals surface area contributed by atoms with Crippen LogP contribution in [0, 0.1) is 22.2 Å². The van der Waals surface area contributed by atoms with E-state index in [2.05, 4.69) is 58.7 Å². The number of amides is 2. The minimum atomic E-state index is -2.66. The SMILES string of the molecule is COc1cc(OC2C(C)(C)C(NC(=O)c3ccc(N4CCC(OC5CCC(n6nc(N7CCCc8cc(-c9cnn(C)c9)c(C(F)F)cc87)c7c6CCN(C(C)=O)C7)CC5)CC4)cc3)C2(C)C)ccc1C#N. The topological polar surface area (TPSA) is 143 Å². The molecule has 0 atom stereocenters. The van der Waals surface area contributed by atoms with Crippen LogP contribution in [-0.4, -0.2) is 93.9 Å². The zero-order valence-electron chi connectivity index (χ0n) is 42.6. The largest absolute Gasteiger partial charge is 0.495 e. The summed E-state index contributed by atoms with van der Waals surface area (Å²) < 4.78 is 52.1. The van der Waals surface area contributed by atoms with Crippen LogP contribution in [-0.2, 0) is 36.0 Å². The number of methoxy groups -OCH3 is 1. The van der Waals surface area contributed by atoms with Crippen LogP contribution in [0.5, 0.6) is 11.5 Å². The Kier molecular flexibility index (Phi) is 13.3. The molecule has 5 heterocycles. The molecule has 2 aromatic heterocycles. The Morgan fingerprint density at radius 3 is 2.28 bits per heavy atom. The molecule has 3 fully saturated rings. The van der Waals surface area contributed by atoms with Crippen LogP contribution in [0.3, 0.4) is 0 Å². The van der Waals surface area contributed by atoms with Gasteiger partial charge in [-0.2, -0.15) is 15.5 Å². The van der Waals surface area contributed by atoms with Crippen molar-refractivity contribution in [3.8, 4) is 28.7 Å². The fourth-order valence-corrected chi connectivity index (χ4v) is 12.8. The number of aryl methyl sites for hydroxylation is 2. The fourth-order valence-electron chi connectivity index (χ4n) is 12.8. The molecule has 2 amide bonds. The molecule has 3 aromatic carbocycles. The summed E-state index contributed by atoms with van der Waals surface area (Å²) in [4.78, 5) is 32.8. The lowest BCUT2D eigenvalue weighted by Crippen LogP contribution is -2.74. The van der Waals surface area contributed by atoms with Crippen molar-refractivity contribution in [3.05, 3.63) is 101 Å². The van der Waals surface area contributed by atoms with E-state index in [1.54, 1.807) is 55.3 Å². The number of carbonyl (C=O) groups excluding carboxylic acids is 2. The van der Waals surface area contributed by atoms with Crippen LogP contribution in [0.2, 0.25) is 0 Å². The van der Waals surface area contributed by atoms with Crippen molar-refractivity contribution < 1.29 is 32.6 Å². The van der Waals surface area contributed by atoms with E-state index in [4.69, 9.17) is 19.3 Å². The minimum absolute atomic E-state index is 0.0170. The maximum absolute atomic E-state index is 14.8. The first kappa shape index (κ1) is 49.1. The normalized spacial score (nSPS) is 22.7. The minimum Gasteiger partial charge on any atom is -0.495 e. The molecule has 2 aliphatic carbocycles. The second kappa shape index (κ2) is 19.5. The lowest BCUT2D eigenvalue weighted by Gasteiger charge is -2.63. The predicted octanol–water partition coefficient (Wildman–Crippen LogP) is 9.87. The van der Waals surface area contributed by atoms with Crippen molar-refractivity contribution >= 4 is 29.0 Å². The quantitative estimate of drug-likeness (QED) is 0.128. The maximum Gasteiger partial charge on any atom is 0.264 e. The van der Waals surface area contributed by atoms with Gasteiger partial charge in [0, 0.05) is 115 Å². The average molecular weight is 984 g/mol. The number of carbonyl (C=O) groups is 2. The van der Waals surface area contributed by atoms with Gasteiger partial charge in [0.15, 0.2) is 5.82 Å². The van der Waals surface area contributed by atoms with Gasteiger partial charge in [-0.15, -0.1) is 0 Å². The molecule has 10 rings (SSSR count). The highest BCUT2D eigenvalue weighted by atomic mass is 19.3. The van der Waals surface area contributed by atoms with E-state index in [0.717, 1.165) is 98.5 Å². The Balaban J connectivity index is 0.743. The van der Waals surface area contributed by atoms with Gasteiger partial charge in [-0.1, -0.05) is 27.7 Å². The van der Waals surface area contributed by atoms with Crippen LogP contribution in [0.1, 0.15) is 130 Å². The lowest BCUT2D eigenvalue weighted by atomic mass is 9.49. The molecular weight excluding hydrogens is 917 g/mol. The number of aromatic nitrogens is 4. The van der Waals surface area contributed by atoms with Gasteiger partial charge < -0.3 is 34.2 Å². The van der Waals surface area contributed by atoms with Gasteiger partial charge in [-0.05, 0) is 111 Å². The number of piperidine rings is 1. The van der Waals surface area contributed by atoms with Gasteiger partial charge in [0.25, 0.3) is 12.3 Å². The molecule has 1 saturated heterocycles. The number of nitrogens with zero attached hydrogens (tertiary/aromatic N) is 8. The number of anilines is 3. The monoisotopic (exact) mass is 984 g/mol. The van der Waals surface area contributed by atoms with Crippen molar-refractivity contribution in [1.29, 1.82) is 5.26 Å². The lowest BCUT2D eigenvalue weighted by molar-refractivity contribution is -0.164. The number of hydrogen-bond acceptors (Lipinski definition) is 10. The summed E-state index contributed by atoms with van der Waals surface area (Å²) in [6.07, 6.45) is 8.78. The number of fused-ring (bicyclic) bond motifs is 2. The fraction of sp³-hybridized carbons (Fsp3) is 0.518. The molecule has 5 aromatic rings. The van der Waals surface area contributed by atoms with E-state index in [1.165, 1.54) is 7.11 Å². The van der Waals surface area contributed by atoms with Crippen LogP contribution in [0.4, 0.5) is 26.0 Å². The molecule has 5 aliphatic rings. The third-order valence-corrected chi connectivity index (χ3v) is 16.4. The first-order valence-corrected chi connectivity index (χ1v) is 25.7. The molecule has 0 unspecified atom stereocenters. The number of halogens is 2. The highest BCUT2D eigenvalue weighted by Gasteiger charge is 2.64. The van der Waals surface area contributed by atoms with Crippen LogP contribution in [0.25, 0.3) is 11.1 Å². The molecule has 380 valence electrons. The molecule has 0 bridgehead atoms. The van der Waals surface area contributed by atoms with Crippen molar-refractivity contribution in [3.63, 3.8) is 0 Å². The van der Waals surface area contributed by atoms with Crippen LogP contribution >= 0.6 is 0 Å². The first-order valence-electron chi connectivity index (χ1n) is 25.7. The standard InChI is InChI=1S/C56H67F2N9O5/c1-34(68)65-26-22-47-46(33-65)51(66-23-8-9-36-27-44(38-31-60-63(6)32-38)45(50(57)58)29-48(36)66)62-67(47)40-15-18-41(19-16-40)71-42-20-24-64(25-21-42)39-13-10-35(11-14-39)52(69)61-53-55(2,3)54(56(53,4)5)72-43-17-12-37(30-59)49(28-43)70-7/h10-14,17,27-29,31-32,40-42,50,53-54H,8-9,15-16,18-26,33H2,1-7H3,(H,61,69). The van der Waals surface area contributed by atoms with Crippen molar-refractivity contribution in [1.82, 2.24) is 29.8 Å². The zero-order chi connectivity index (χ0) is 50.6. The first-order chi connectivity index (χ1) is 34.5. The molecule has 3 aliphatic heterocycles. The highest BCUT2D eigenvalue weighted by Crippen LogP contribution is 2.56. The van der Waals surface area contributed by atoms with Gasteiger partial charge >= 0.3 is 0 Å². The number of nitriles is 1. The summed E-state index contributed by atoms with van der Waals surface area (Å²) in [7, 11) is 3.32. The van der Waals surface area contributed by atoms with Gasteiger partial charge in [0.2, 0.25) is 5.91 Å². The van der Waals surface area contributed by atoms with E-state index >= 15 is 0 Å². The van der Waals surface area contributed by atoms with Gasteiger partial charge in [0.1, 0.15) is 23.7 Å². The summed E-state index contributed by atoms with van der Waals surface area (Å²) in [6.45, 7) is 13.5. The maximum atomic E-state index is 14.8. The molecule has 1 N–H and O–H groups in total. The van der Waals surface area contributed by atoms with E-state index < -0.39 is 6.43 Å². The van der Waals surface area contributed by atoms with Crippen LogP contribution < -0.4 is 24.6 Å². The Bertz CT molecular complexity index is 2850. The van der Waals surface area contributed by atoms with E-state index in [0.29, 0.717) is 59.8 Å². The molecule has 16 heteroatoms. The predicted molar refractivity (Wildman–Crippen MR) is 271 cm³/mol. The van der Waals surface area contributed by atoms with Gasteiger partial charge in [0.05, 0.1) is 43.7 Å². The van der Waals surface area contributed by atoms with Crippen molar-refractivity contribution in [2.24, 2.45) is 17.9 Å². The third-order valence-electron chi connectivity index (χ3n) is 16.4. The smallest absolute Gasteiger partial charge is 0.264 e. The van der Waals surface area contributed by atoms with E-state index in [1.807, 2.05) is 35.2 Å². The Hall–Kier alpha value is -6.47. The van der Waals surface area contributed by atoms with Crippen molar-refractivity contribution in [2.75, 3.05) is 43.1 Å². The Morgan fingerprint density at radius 1 is 0.903 bits per heavy atom. The number of hydrogen-bond donors (Lipinski definition) is 1. The van der Waals surface area contributed by atoms with Crippen molar-refractivity contribution in [2.45, 2.75) is 136 Å². The Morgan fingerprint density at radius 2 is 1.62 bits per heavy atom. The third kappa shape index (κ3) is 9.18. The summed E-state index contributed by atoms with van der Waals surface area (Å²) in [5.74, 6) is 1.77. The van der Waals surface area contributed by atoms with Gasteiger partial charge in [-0.25, -0.2) is 8.78 Å². The summed E-state index contributed by atoms with van der Waals surface area (Å²) >= 11 is 0. The number of alkyl halides is 2. The second-order valence-corrected chi connectivity index (χ2v) is 21.7. The highest BCUT2D eigenvalue weighted by molar-refractivity contribution is 5.95. The van der Waals surface area contributed by atoms with E-state index in [-0.39, 0.29) is 58.6 Å². The zero-order valence-corrected chi connectivity index (χ0v) is 42.6. The van der Waals surface area contributed by atoms with E-state index in [9.17, 15) is 23.6 Å². The number of nitrogens with one attached hydrogen (secondary N) is 1. The van der Waals surface area contributed by atoms with Crippen LogP contribution in [0.15, 0.2) is 67.0 Å². The molecule has 0 radical (unpaired) electrons. The number of benzene rings is 3. The number of ether oxygens (including phenoxy) is 3. The summed E-state index contributed by atoms with van der Waals surface area (Å²) in [6, 6.07) is 18.9. The number of rotatable bonds is 12. The molecule has 72 heavy (non-hydrogen) atoms. The molecule has 0 spiro atoms. The Labute approximate surface area is 421 Å². The molecule has 14 nitrogen and oxygen atoms in total. The molecular formula is C56H67F2N9O5.